The summed E-state index contributed by atoms with van der Waals surface area (Å²) in [7, 11) is 0. The number of imide groups is 1. The summed E-state index contributed by atoms with van der Waals surface area (Å²) in [6.07, 6.45) is 3.04. The molecule has 1 unspecified atom stereocenters. The minimum atomic E-state index is -1.63. The van der Waals surface area contributed by atoms with Crippen LogP contribution in [0.1, 0.15) is 38.8 Å². The Morgan fingerprint density at radius 3 is 2.33 bits per heavy atom. The molecule has 0 saturated heterocycles. The van der Waals surface area contributed by atoms with Gasteiger partial charge in [0.05, 0.1) is 6.04 Å². The average Bonchev–Trinajstić information content (AvgIpc) is 3.15. The molecule has 0 aliphatic heterocycles. The highest BCUT2D eigenvalue weighted by molar-refractivity contribution is 5.99. The second-order valence-electron chi connectivity index (χ2n) is 9.36. The number of rotatable bonds is 7. The molecule has 2 aromatic carbocycles. The number of aromatic amines is 1. The van der Waals surface area contributed by atoms with Crippen molar-refractivity contribution in [2.24, 2.45) is 5.73 Å². The zero-order chi connectivity index (χ0) is 24.2. The molecule has 0 fully saturated rings. The topological polar surface area (TPSA) is 105 Å². The number of nitrogens with one attached hydrogen (secondary N) is 1. The highest BCUT2D eigenvalue weighted by Crippen LogP contribution is 2.27. The van der Waals surface area contributed by atoms with Crippen LogP contribution in [0.4, 0.5) is 4.79 Å². The van der Waals surface area contributed by atoms with Gasteiger partial charge in [-0.25, -0.2) is 9.69 Å². The van der Waals surface area contributed by atoms with Gasteiger partial charge >= 0.3 is 6.09 Å². The van der Waals surface area contributed by atoms with Crippen molar-refractivity contribution >= 4 is 29.2 Å². The number of fused-ring (bicyclic) bond motifs is 1. The number of carbonyl (C=O) groups is 2. The molecule has 0 bridgehead atoms. The zero-order valence-corrected chi connectivity index (χ0v) is 19.4. The van der Waals surface area contributed by atoms with E-state index in [-0.39, 0.29) is 12.8 Å². The molecule has 0 aliphatic rings. The number of H-pyrrole nitrogens is 1. The first-order valence-electron chi connectivity index (χ1n) is 10.8. The van der Waals surface area contributed by atoms with Crippen molar-refractivity contribution < 1.29 is 19.1 Å². The van der Waals surface area contributed by atoms with E-state index in [4.69, 9.17) is 10.5 Å². The molecule has 0 saturated carbocycles. The van der Waals surface area contributed by atoms with Crippen LogP contribution in [0, 0.1) is 0 Å². The predicted molar refractivity (Wildman–Crippen MR) is 127 cm³/mol. The molecule has 3 aromatic rings. The molecule has 33 heavy (non-hydrogen) atoms. The minimum Gasteiger partial charge on any atom is -0.443 e. The fourth-order valence-electron chi connectivity index (χ4n) is 3.77. The van der Waals surface area contributed by atoms with E-state index in [1.165, 1.54) is 6.92 Å². The highest BCUT2D eigenvalue weighted by Gasteiger charge is 2.45. The molecule has 1 radical (unpaired) electrons. The Bertz CT molecular complexity index is 1130. The van der Waals surface area contributed by atoms with Gasteiger partial charge in [0, 0.05) is 23.5 Å². The van der Waals surface area contributed by atoms with E-state index in [9.17, 15) is 14.4 Å². The number of benzene rings is 2. The van der Waals surface area contributed by atoms with Crippen molar-refractivity contribution in [3.05, 3.63) is 71.9 Å². The van der Waals surface area contributed by atoms with E-state index in [0.717, 1.165) is 26.9 Å². The molecule has 0 spiro atoms. The summed E-state index contributed by atoms with van der Waals surface area (Å²) >= 11 is 0. The molecule has 3 N–H and O–H groups in total. The van der Waals surface area contributed by atoms with Crippen LogP contribution < -0.4 is 5.73 Å². The van der Waals surface area contributed by atoms with E-state index < -0.39 is 29.2 Å². The third-order valence-electron chi connectivity index (χ3n) is 5.34. The van der Waals surface area contributed by atoms with E-state index in [2.05, 4.69) is 4.98 Å². The van der Waals surface area contributed by atoms with Gasteiger partial charge < -0.3 is 15.5 Å². The number of aromatic nitrogens is 1. The Morgan fingerprint density at radius 2 is 1.70 bits per heavy atom. The fourth-order valence-corrected chi connectivity index (χ4v) is 3.77. The molecule has 1 heterocycles. The van der Waals surface area contributed by atoms with Gasteiger partial charge in [0.15, 0.2) is 0 Å². The summed E-state index contributed by atoms with van der Waals surface area (Å²) in [6, 6.07) is 15.8. The van der Waals surface area contributed by atoms with E-state index in [1.807, 2.05) is 60.9 Å². The van der Waals surface area contributed by atoms with Crippen molar-refractivity contribution in [1.82, 2.24) is 9.88 Å². The van der Waals surface area contributed by atoms with Gasteiger partial charge in [-0.15, -0.1) is 0 Å². The quantitative estimate of drug-likeness (QED) is 0.570. The van der Waals surface area contributed by atoms with Crippen LogP contribution in [0.15, 0.2) is 60.8 Å². The number of hydrogen-bond donors (Lipinski definition) is 2. The number of nitrogens with zero attached hydrogens (tertiary/aromatic N) is 1. The number of ether oxygens (including phenoxy) is 1. The SMILES string of the molecule is CC(C)(C)OC(=O)N(C(=O)[C@@H](N)Cc1ccccc1)C(C)([C]=O)Cc1c[nH]c2ccccc12. The first-order valence-corrected chi connectivity index (χ1v) is 10.8. The van der Waals surface area contributed by atoms with Crippen LogP contribution in [-0.2, 0) is 27.2 Å². The summed E-state index contributed by atoms with van der Waals surface area (Å²) < 4.78 is 5.50. The van der Waals surface area contributed by atoms with Crippen molar-refractivity contribution in [3.63, 3.8) is 0 Å². The number of para-hydroxylation sites is 1. The Kier molecular flexibility index (Phi) is 7.03. The van der Waals surface area contributed by atoms with Crippen molar-refractivity contribution in [2.45, 2.75) is 57.7 Å². The zero-order valence-electron chi connectivity index (χ0n) is 19.4. The smallest absolute Gasteiger partial charge is 0.418 e. The molecular weight excluding hydrogens is 418 g/mol. The predicted octanol–water partition coefficient (Wildman–Crippen LogP) is 3.91. The third-order valence-corrected chi connectivity index (χ3v) is 5.34. The number of amides is 2. The molecule has 3 rings (SSSR count). The Hall–Kier alpha value is -3.45. The maximum Gasteiger partial charge on any atom is 0.418 e. The summed E-state index contributed by atoms with van der Waals surface area (Å²) in [5, 5.41) is 0.893. The van der Waals surface area contributed by atoms with Gasteiger partial charge in [-0.3, -0.25) is 9.59 Å². The summed E-state index contributed by atoms with van der Waals surface area (Å²) in [4.78, 5) is 43.0. The van der Waals surface area contributed by atoms with Crippen LogP contribution in [0.5, 0.6) is 0 Å². The lowest BCUT2D eigenvalue weighted by atomic mass is 9.91. The molecule has 7 nitrogen and oxygen atoms in total. The van der Waals surface area contributed by atoms with Gasteiger partial charge in [-0.1, -0.05) is 48.5 Å². The largest absolute Gasteiger partial charge is 0.443 e. The van der Waals surface area contributed by atoms with Gasteiger partial charge in [0.25, 0.3) is 0 Å². The highest BCUT2D eigenvalue weighted by atomic mass is 16.6. The molecule has 173 valence electrons. The second kappa shape index (κ2) is 9.58. The van der Waals surface area contributed by atoms with Crippen molar-refractivity contribution in [2.75, 3.05) is 0 Å². The molecule has 0 aliphatic carbocycles. The lowest BCUT2D eigenvalue weighted by Crippen LogP contribution is -2.60. The summed E-state index contributed by atoms with van der Waals surface area (Å²) in [5.74, 6) is -0.696. The molecule has 2 atom stereocenters. The van der Waals surface area contributed by atoms with Crippen molar-refractivity contribution in [3.8, 4) is 0 Å². The summed E-state index contributed by atoms with van der Waals surface area (Å²) in [6.45, 7) is 6.58. The first-order chi connectivity index (χ1) is 15.5. The van der Waals surface area contributed by atoms with E-state index in [0.29, 0.717) is 0 Å². The standard InChI is InChI=1S/C26H30N3O4/c1-25(2,3)33-24(32)29(23(31)21(27)14-18-10-6-5-7-11-18)26(4,17-30)15-19-16-28-22-13-9-8-12-20(19)22/h5-13,16,21,28H,14-15,27H2,1-4H3/t21-,26?/m0/s1. The van der Waals surface area contributed by atoms with Crippen LogP contribution in [0.2, 0.25) is 0 Å². The second-order valence-corrected chi connectivity index (χ2v) is 9.36. The third kappa shape index (κ3) is 5.68. The van der Waals surface area contributed by atoms with Gasteiger partial charge in [-0.2, -0.15) is 0 Å². The van der Waals surface area contributed by atoms with Gasteiger partial charge in [0.2, 0.25) is 12.2 Å². The lowest BCUT2D eigenvalue weighted by Gasteiger charge is -2.37. The lowest BCUT2D eigenvalue weighted by molar-refractivity contribution is -0.135. The van der Waals surface area contributed by atoms with E-state index >= 15 is 0 Å². The van der Waals surface area contributed by atoms with Gasteiger partial charge in [0.1, 0.15) is 11.1 Å². The summed E-state index contributed by atoms with van der Waals surface area (Å²) in [5.41, 5.74) is 6.24. The Morgan fingerprint density at radius 1 is 1.06 bits per heavy atom. The fraction of sp³-hybridized carbons (Fsp3) is 0.346. The molecule has 2 amide bonds. The van der Waals surface area contributed by atoms with Crippen LogP contribution in [-0.4, -0.2) is 45.4 Å². The normalized spacial score (nSPS) is 14.3. The Balaban J connectivity index is 1.97. The Labute approximate surface area is 193 Å². The number of hydrogen-bond acceptors (Lipinski definition) is 5. The minimum absolute atomic E-state index is 0.0591. The number of carbonyl (C=O) groups excluding carboxylic acids is 3. The maximum atomic E-state index is 13.5. The van der Waals surface area contributed by atoms with Crippen LogP contribution in [0.3, 0.4) is 0 Å². The van der Waals surface area contributed by atoms with E-state index in [1.54, 1.807) is 27.0 Å². The van der Waals surface area contributed by atoms with Gasteiger partial charge in [-0.05, 0) is 51.3 Å². The maximum absolute atomic E-state index is 13.5. The first kappa shape index (κ1) is 24.2. The number of nitrogens with two attached hydrogens (primary N) is 1. The average molecular weight is 449 g/mol. The molecule has 7 heteroatoms. The van der Waals surface area contributed by atoms with Crippen molar-refractivity contribution in [1.29, 1.82) is 0 Å². The monoisotopic (exact) mass is 448 g/mol. The molecule has 1 aromatic heterocycles. The molecular formula is C26H30N3O4. The van der Waals surface area contributed by atoms with Crippen LogP contribution >= 0.6 is 0 Å². The van der Waals surface area contributed by atoms with Crippen LogP contribution in [0.25, 0.3) is 10.9 Å².